The molecule has 26 heavy (non-hydrogen) atoms. The van der Waals surface area contributed by atoms with Gasteiger partial charge in [0.25, 0.3) is 0 Å². The van der Waals surface area contributed by atoms with Crippen LogP contribution >= 0.6 is 0 Å². The van der Waals surface area contributed by atoms with Crippen LogP contribution in [-0.2, 0) is 14.3 Å². The first-order valence-electron chi connectivity index (χ1n) is 10.1. The van der Waals surface area contributed by atoms with Gasteiger partial charge in [-0.3, -0.25) is 19.4 Å². The van der Waals surface area contributed by atoms with Crippen molar-refractivity contribution in [2.24, 2.45) is 0 Å². The van der Waals surface area contributed by atoms with Crippen LogP contribution in [0.5, 0.6) is 0 Å². The molecule has 2 N–H and O–H groups in total. The number of hydrogen-bond donors (Lipinski definition) is 2. The molecule has 7 heteroatoms. The van der Waals surface area contributed by atoms with Crippen LogP contribution < -0.4 is 5.32 Å². The number of hydrogen-bond acceptors (Lipinski definition) is 5. The summed E-state index contributed by atoms with van der Waals surface area (Å²) in [5.41, 5.74) is 0.0422. The zero-order valence-corrected chi connectivity index (χ0v) is 15.9. The summed E-state index contributed by atoms with van der Waals surface area (Å²) in [7, 11) is 0. The molecule has 1 aliphatic heterocycles. The highest BCUT2D eigenvalue weighted by atomic mass is 16.5. The number of carbonyl (C=O) groups excluding carboxylic acids is 1. The first-order chi connectivity index (χ1) is 12.5. The van der Waals surface area contributed by atoms with Gasteiger partial charge in [0.2, 0.25) is 5.91 Å². The number of aliphatic carboxylic acids is 1. The minimum Gasteiger partial charge on any atom is -0.480 e. The SMILES string of the molecule is CC(C(=O)O)N(CC(=O)NCC1(N2CCOCC2)CCCCC1)C1CC1. The van der Waals surface area contributed by atoms with Gasteiger partial charge in [-0.15, -0.1) is 0 Å². The second-order valence-electron chi connectivity index (χ2n) is 8.08. The molecule has 0 aromatic rings. The third-order valence-electron chi connectivity index (χ3n) is 6.28. The zero-order valence-electron chi connectivity index (χ0n) is 15.9. The zero-order chi connectivity index (χ0) is 18.6. The van der Waals surface area contributed by atoms with Crippen LogP contribution in [-0.4, -0.2) is 83.8 Å². The number of rotatable bonds is 8. The highest BCUT2D eigenvalue weighted by Gasteiger charge is 2.40. The maximum atomic E-state index is 12.6. The highest BCUT2D eigenvalue weighted by molar-refractivity contribution is 5.80. The largest absolute Gasteiger partial charge is 0.480 e. The Labute approximate surface area is 156 Å². The van der Waals surface area contributed by atoms with Gasteiger partial charge in [-0.2, -0.15) is 0 Å². The first kappa shape index (κ1) is 19.6. The Morgan fingerprint density at radius 3 is 2.46 bits per heavy atom. The lowest BCUT2D eigenvalue weighted by molar-refractivity contribution is -0.143. The number of carboxylic acid groups (broad SMARTS) is 1. The van der Waals surface area contributed by atoms with E-state index >= 15 is 0 Å². The Hall–Kier alpha value is -1.18. The lowest BCUT2D eigenvalue weighted by atomic mass is 9.79. The summed E-state index contributed by atoms with van der Waals surface area (Å²) in [6.07, 6.45) is 7.89. The van der Waals surface area contributed by atoms with Crippen LogP contribution in [0.2, 0.25) is 0 Å². The molecule has 3 fully saturated rings. The molecular formula is C19H33N3O4. The van der Waals surface area contributed by atoms with E-state index in [-0.39, 0.29) is 24.0 Å². The number of nitrogens with zero attached hydrogens (tertiary/aromatic N) is 2. The monoisotopic (exact) mass is 367 g/mol. The standard InChI is InChI=1S/C19H33N3O4/c1-15(18(24)25)22(16-5-6-16)13-17(23)20-14-19(7-3-2-4-8-19)21-9-11-26-12-10-21/h15-16H,2-14H2,1H3,(H,20,23)(H,24,25). The molecule has 1 atom stereocenters. The van der Waals surface area contributed by atoms with Crippen LogP contribution in [0.4, 0.5) is 0 Å². The molecule has 3 rings (SSSR count). The van der Waals surface area contributed by atoms with Crippen LogP contribution in [0, 0.1) is 0 Å². The smallest absolute Gasteiger partial charge is 0.320 e. The Kier molecular flexibility index (Phi) is 6.53. The summed E-state index contributed by atoms with van der Waals surface area (Å²) < 4.78 is 5.50. The minimum atomic E-state index is -0.859. The van der Waals surface area contributed by atoms with Gasteiger partial charge < -0.3 is 15.2 Å². The topological polar surface area (TPSA) is 82.1 Å². The predicted octanol–water partition coefficient (Wildman–Crippen LogP) is 1.08. The first-order valence-corrected chi connectivity index (χ1v) is 10.1. The summed E-state index contributed by atoms with van der Waals surface area (Å²) in [6.45, 7) is 5.90. The maximum absolute atomic E-state index is 12.6. The van der Waals surface area contributed by atoms with Crippen molar-refractivity contribution in [1.82, 2.24) is 15.1 Å². The second kappa shape index (κ2) is 8.67. The molecule has 3 aliphatic rings. The van der Waals surface area contributed by atoms with Crippen LogP contribution in [0.25, 0.3) is 0 Å². The number of ether oxygens (including phenoxy) is 1. The van der Waals surface area contributed by atoms with E-state index < -0.39 is 12.0 Å². The van der Waals surface area contributed by atoms with Gasteiger partial charge in [0.05, 0.1) is 19.8 Å². The molecule has 0 spiro atoms. The van der Waals surface area contributed by atoms with Gasteiger partial charge in [0, 0.05) is 31.2 Å². The number of morpholine rings is 1. The Balaban J connectivity index is 1.57. The lowest BCUT2D eigenvalue weighted by Gasteiger charge is -2.48. The average molecular weight is 367 g/mol. The predicted molar refractivity (Wildman–Crippen MR) is 98.0 cm³/mol. The number of carboxylic acids is 1. The van der Waals surface area contributed by atoms with Gasteiger partial charge in [0.1, 0.15) is 6.04 Å². The number of nitrogens with one attached hydrogen (secondary N) is 1. The van der Waals surface area contributed by atoms with E-state index in [1.807, 2.05) is 4.90 Å². The lowest BCUT2D eigenvalue weighted by Crippen LogP contribution is -2.60. The van der Waals surface area contributed by atoms with E-state index in [0.717, 1.165) is 52.0 Å². The molecule has 0 aromatic heterocycles. The molecule has 0 radical (unpaired) electrons. The van der Waals surface area contributed by atoms with Crippen LogP contribution in [0.1, 0.15) is 51.9 Å². The number of carbonyl (C=O) groups is 2. The molecule has 7 nitrogen and oxygen atoms in total. The normalized spacial score (nSPS) is 25.0. The van der Waals surface area contributed by atoms with E-state index in [9.17, 15) is 14.7 Å². The van der Waals surface area contributed by atoms with Crippen molar-refractivity contribution >= 4 is 11.9 Å². The third-order valence-corrected chi connectivity index (χ3v) is 6.28. The van der Waals surface area contributed by atoms with Crippen molar-refractivity contribution in [3.63, 3.8) is 0 Å². The van der Waals surface area contributed by atoms with E-state index in [4.69, 9.17) is 4.74 Å². The van der Waals surface area contributed by atoms with Gasteiger partial charge in [-0.05, 0) is 32.6 Å². The Morgan fingerprint density at radius 1 is 1.23 bits per heavy atom. The van der Waals surface area contributed by atoms with Gasteiger partial charge in [-0.25, -0.2) is 0 Å². The molecular weight excluding hydrogens is 334 g/mol. The van der Waals surface area contributed by atoms with E-state index in [1.54, 1.807) is 6.92 Å². The van der Waals surface area contributed by atoms with Gasteiger partial charge in [0.15, 0.2) is 0 Å². The average Bonchev–Trinajstić information content (AvgIpc) is 3.50. The van der Waals surface area contributed by atoms with Crippen molar-refractivity contribution in [1.29, 1.82) is 0 Å². The molecule has 2 aliphatic carbocycles. The summed E-state index contributed by atoms with van der Waals surface area (Å²) in [5, 5.41) is 12.4. The fourth-order valence-corrected chi connectivity index (χ4v) is 4.47. The molecule has 1 saturated heterocycles. The number of amides is 1. The van der Waals surface area contributed by atoms with Crippen molar-refractivity contribution in [2.75, 3.05) is 39.4 Å². The molecule has 0 aromatic carbocycles. The Bertz CT molecular complexity index is 497. The van der Waals surface area contributed by atoms with Gasteiger partial charge >= 0.3 is 5.97 Å². The van der Waals surface area contributed by atoms with Gasteiger partial charge in [-0.1, -0.05) is 19.3 Å². The molecule has 148 valence electrons. The van der Waals surface area contributed by atoms with Crippen molar-refractivity contribution in [2.45, 2.75) is 69.5 Å². The third kappa shape index (κ3) is 4.75. The van der Waals surface area contributed by atoms with Crippen molar-refractivity contribution in [3.05, 3.63) is 0 Å². The fraction of sp³-hybridized carbons (Fsp3) is 0.895. The summed E-state index contributed by atoms with van der Waals surface area (Å²) in [4.78, 5) is 28.3. The fourth-order valence-electron chi connectivity index (χ4n) is 4.47. The summed E-state index contributed by atoms with van der Waals surface area (Å²) in [6, 6.07) is -0.370. The van der Waals surface area contributed by atoms with E-state index in [2.05, 4.69) is 10.2 Å². The molecule has 1 amide bonds. The quantitative estimate of drug-likeness (QED) is 0.668. The maximum Gasteiger partial charge on any atom is 0.320 e. The Morgan fingerprint density at radius 2 is 1.88 bits per heavy atom. The highest BCUT2D eigenvalue weighted by Crippen LogP contribution is 2.34. The summed E-state index contributed by atoms with van der Waals surface area (Å²) >= 11 is 0. The van der Waals surface area contributed by atoms with Crippen molar-refractivity contribution in [3.8, 4) is 0 Å². The van der Waals surface area contributed by atoms with E-state index in [1.165, 1.54) is 19.3 Å². The van der Waals surface area contributed by atoms with E-state index in [0.29, 0.717) is 6.54 Å². The van der Waals surface area contributed by atoms with Crippen molar-refractivity contribution < 1.29 is 19.4 Å². The molecule has 2 saturated carbocycles. The second-order valence-corrected chi connectivity index (χ2v) is 8.08. The molecule has 1 heterocycles. The molecule has 0 bridgehead atoms. The minimum absolute atomic E-state index is 0.0422. The summed E-state index contributed by atoms with van der Waals surface area (Å²) in [5.74, 6) is -0.912. The van der Waals surface area contributed by atoms with Crippen LogP contribution in [0.15, 0.2) is 0 Å². The van der Waals surface area contributed by atoms with Crippen LogP contribution in [0.3, 0.4) is 0 Å². The molecule has 1 unspecified atom stereocenters.